The third-order valence-electron chi connectivity index (χ3n) is 6.81. The van der Waals surface area contributed by atoms with Gasteiger partial charge in [-0.05, 0) is 111 Å². The number of rotatable bonds is 4. The molecule has 2 nitrogen and oxygen atoms in total. The van der Waals surface area contributed by atoms with Crippen molar-refractivity contribution in [3.05, 3.63) is 92.0 Å². The first kappa shape index (κ1) is 25.5. The summed E-state index contributed by atoms with van der Waals surface area (Å²) in [5.41, 5.74) is 11.3. The summed E-state index contributed by atoms with van der Waals surface area (Å²) in [6, 6.07) is 13.4. The topological polar surface area (TPSA) is 29.5 Å². The summed E-state index contributed by atoms with van der Waals surface area (Å²) in [4.78, 5) is 0. The quantitative estimate of drug-likeness (QED) is 0.424. The Balaban J connectivity index is 0.00000176. The SMILES string of the molecule is CC.COc1c(C)cc(C(C)(c2cc(C)c(C)c(C)c2)c2cc(C)c(O)c(C)c2)cc1C. The number of benzene rings is 3. The molecule has 0 saturated carbocycles. The van der Waals surface area contributed by atoms with E-state index in [4.69, 9.17) is 4.74 Å². The third kappa shape index (κ3) is 4.41. The van der Waals surface area contributed by atoms with Crippen LogP contribution in [-0.2, 0) is 5.41 Å². The molecule has 3 aromatic rings. The van der Waals surface area contributed by atoms with E-state index in [0.717, 1.165) is 28.0 Å². The van der Waals surface area contributed by atoms with Gasteiger partial charge in [-0.1, -0.05) is 50.2 Å². The van der Waals surface area contributed by atoms with Crippen molar-refractivity contribution in [1.82, 2.24) is 0 Å². The highest BCUT2D eigenvalue weighted by molar-refractivity contribution is 5.58. The standard InChI is InChI=1S/C28H34O2.C2H6/c1-16-10-23(11-17(2)22(16)7)28(8,24-12-18(3)26(29)19(4)13-24)25-14-20(5)27(30-9)21(6)15-25;1-2/h10-15,29H,1-9H3;1-2H3. The van der Waals surface area contributed by atoms with Crippen LogP contribution in [0.15, 0.2) is 36.4 Å². The number of hydrogen-bond acceptors (Lipinski definition) is 2. The number of methoxy groups -OCH3 is 1. The van der Waals surface area contributed by atoms with E-state index in [2.05, 4.69) is 77.9 Å². The van der Waals surface area contributed by atoms with Gasteiger partial charge < -0.3 is 9.84 Å². The average molecular weight is 433 g/mol. The predicted molar refractivity (Wildman–Crippen MR) is 138 cm³/mol. The average Bonchev–Trinajstić information content (AvgIpc) is 2.75. The van der Waals surface area contributed by atoms with Crippen LogP contribution < -0.4 is 4.74 Å². The number of phenols is 1. The minimum Gasteiger partial charge on any atom is -0.507 e. The van der Waals surface area contributed by atoms with Gasteiger partial charge in [-0.3, -0.25) is 0 Å². The van der Waals surface area contributed by atoms with Crippen molar-refractivity contribution in [2.24, 2.45) is 0 Å². The van der Waals surface area contributed by atoms with Gasteiger partial charge in [-0.2, -0.15) is 0 Å². The highest BCUT2D eigenvalue weighted by atomic mass is 16.5. The zero-order valence-corrected chi connectivity index (χ0v) is 21.8. The Morgan fingerprint density at radius 2 is 0.906 bits per heavy atom. The fourth-order valence-electron chi connectivity index (χ4n) is 4.63. The molecular formula is C30H40O2. The maximum absolute atomic E-state index is 10.4. The lowest BCUT2D eigenvalue weighted by Gasteiger charge is -2.34. The van der Waals surface area contributed by atoms with E-state index in [9.17, 15) is 5.11 Å². The molecule has 1 N–H and O–H groups in total. The van der Waals surface area contributed by atoms with Gasteiger partial charge in [0.25, 0.3) is 0 Å². The van der Waals surface area contributed by atoms with E-state index in [1.54, 1.807) is 7.11 Å². The fraction of sp³-hybridized carbons (Fsp3) is 0.400. The number of aromatic hydroxyl groups is 1. The molecular weight excluding hydrogens is 392 g/mol. The van der Waals surface area contributed by atoms with Crippen LogP contribution in [0, 0.1) is 48.5 Å². The molecule has 3 rings (SSSR count). The Morgan fingerprint density at radius 1 is 0.594 bits per heavy atom. The van der Waals surface area contributed by atoms with Crippen molar-refractivity contribution in [2.75, 3.05) is 7.11 Å². The van der Waals surface area contributed by atoms with E-state index >= 15 is 0 Å². The van der Waals surface area contributed by atoms with E-state index in [1.807, 2.05) is 27.7 Å². The zero-order chi connectivity index (χ0) is 24.4. The molecule has 0 fully saturated rings. The molecule has 0 saturated heterocycles. The maximum Gasteiger partial charge on any atom is 0.124 e. The molecule has 3 aromatic carbocycles. The van der Waals surface area contributed by atoms with Gasteiger partial charge in [0, 0.05) is 5.41 Å². The summed E-state index contributed by atoms with van der Waals surface area (Å²) >= 11 is 0. The second-order valence-electron chi connectivity index (χ2n) is 8.96. The van der Waals surface area contributed by atoms with Crippen molar-refractivity contribution in [2.45, 2.75) is 74.7 Å². The lowest BCUT2D eigenvalue weighted by Crippen LogP contribution is -2.26. The first-order chi connectivity index (χ1) is 15.0. The van der Waals surface area contributed by atoms with Gasteiger partial charge >= 0.3 is 0 Å². The molecule has 172 valence electrons. The van der Waals surface area contributed by atoms with E-state index in [0.29, 0.717) is 5.75 Å². The Labute approximate surface area is 195 Å². The van der Waals surface area contributed by atoms with Crippen LogP contribution in [0.3, 0.4) is 0 Å². The first-order valence-corrected chi connectivity index (χ1v) is 11.6. The molecule has 1 atom stereocenters. The summed E-state index contributed by atoms with van der Waals surface area (Å²) in [6.45, 7) is 21.0. The van der Waals surface area contributed by atoms with Crippen LogP contribution in [0.25, 0.3) is 0 Å². The van der Waals surface area contributed by atoms with Crippen molar-refractivity contribution >= 4 is 0 Å². The van der Waals surface area contributed by atoms with Crippen LogP contribution in [0.2, 0.25) is 0 Å². The minimum atomic E-state index is -0.367. The molecule has 0 aliphatic carbocycles. The second-order valence-corrected chi connectivity index (χ2v) is 8.96. The Bertz CT molecular complexity index is 995. The maximum atomic E-state index is 10.4. The number of hydrogen-bond donors (Lipinski definition) is 1. The van der Waals surface area contributed by atoms with Crippen molar-refractivity contribution in [3.8, 4) is 11.5 Å². The number of aryl methyl sites for hydroxylation is 6. The Hall–Kier alpha value is -2.74. The molecule has 32 heavy (non-hydrogen) atoms. The minimum absolute atomic E-state index is 0.367. The summed E-state index contributed by atoms with van der Waals surface area (Å²) in [7, 11) is 1.73. The van der Waals surface area contributed by atoms with Crippen LogP contribution >= 0.6 is 0 Å². The molecule has 0 aromatic heterocycles. The molecule has 0 radical (unpaired) electrons. The van der Waals surface area contributed by atoms with E-state index in [-0.39, 0.29) is 5.41 Å². The van der Waals surface area contributed by atoms with E-state index in [1.165, 1.54) is 33.4 Å². The highest BCUT2D eigenvalue weighted by Gasteiger charge is 2.33. The first-order valence-electron chi connectivity index (χ1n) is 11.6. The van der Waals surface area contributed by atoms with Gasteiger partial charge in [0.15, 0.2) is 0 Å². The van der Waals surface area contributed by atoms with Gasteiger partial charge in [0.2, 0.25) is 0 Å². The summed E-state index contributed by atoms with van der Waals surface area (Å²) in [5, 5.41) is 10.4. The predicted octanol–water partition coefficient (Wildman–Crippen LogP) is 7.94. The Morgan fingerprint density at radius 3 is 1.25 bits per heavy atom. The summed E-state index contributed by atoms with van der Waals surface area (Å²) in [6.07, 6.45) is 0. The van der Waals surface area contributed by atoms with Gasteiger partial charge in [0.1, 0.15) is 11.5 Å². The van der Waals surface area contributed by atoms with Crippen LogP contribution in [0.5, 0.6) is 11.5 Å². The van der Waals surface area contributed by atoms with Crippen LogP contribution in [0.4, 0.5) is 0 Å². The largest absolute Gasteiger partial charge is 0.507 e. The van der Waals surface area contributed by atoms with Gasteiger partial charge in [-0.15, -0.1) is 0 Å². The highest BCUT2D eigenvalue weighted by Crippen LogP contribution is 2.44. The van der Waals surface area contributed by atoms with Crippen molar-refractivity contribution < 1.29 is 9.84 Å². The molecule has 0 heterocycles. The lowest BCUT2D eigenvalue weighted by molar-refractivity contribution is 0.408. The molecule has 1 unspecified atom stereocenters. The second kappa shape index (κ2) is 9.81. The van der Waals surface area contributed by atoms with E-state index < -0.39 is 0 Å². The van der Waals surface area contributed by atoms with Gasteiger partial charge in [0.05, 0.1) is 7.11 Å². The zero-order valence-electron chi connectivity index (χ0n) is 21.8. The molecule has 0 amide bonds. The molecule has 0 aliphatic rings. The molecule has 2 heteroatoms. The summed E-state index contributed by atoms with van der Waals surface area (Å²) < 4.78 is 5.63. The number of ether oxygens (including phenoxy) is 1. The van der Waals surface area contributed by atoms with Crippen LogP contribution in [0.1, 0.15) is 76.4 Å². The molecule has 0 bridgehead atoms. The smallest absolute Gasteiger partial charge is 0.124 e. The summed E-state index contributed by atoms with van der Waals surface area (Å²) in [5.74, 6) is 1.31. The molecule has 0 spiro atoms. The Kier molecular flexibility index (Phi) is 7.83. The molecule has 0 aliphatic heterocycles. The van der Waals surface area contributed by atoms with Crippen molar-refractivity contribution in [1.29, 1.82) is 0 Å². The van der Waals surface area contributed by atoms with Gasteiger partial charge in [-0.25, -0.2) is 0 Å². The fourth-order valence-corrected chi connectivity index (χ4v) is 4.63. The monoisotopic (exact) mass is 432 g/mol. The van der Waals surface area contributed by atoms with Crippen LogP contribution in [-0.4, -0.2) is 12.2 Å². The number of phenolic OH excluding ortho intramolecular Hbond substituents is 1. The lowest BCUT2D eigenvalue weighted by atomic mass is 9.69. The third-order valence-corrected chi connectivity index (χ3v) is 6.81. The normalized spacial score (nSPS) is 12.6. The van der Waals surface area contributed by atoms with Crippen molar-refractivity contribution in [3.63, 3.8) is 0 Å².